The molecule has 0 saturated heterocycles. The van der Waals surface area contributed by atoms with Crippen LogP contribution in [0, 0.1) is 13.8 Å². The maximum Gasteiger partial charge on any atom is 0.211 e. The number of carbonyl (C=O) groups excluding carboxylic acids is 1. The van der Waals surface area contributed by atoms with Gasteiger partial charge in [-0.15, -0.1) is 0 Å². The molecule has 0 aromatic carbocycles. The summed E-state index contributed by atoms with van der Waals surface area (Å²) >= 11 is 0. The van der Waals surface area contributed by atoms with Crippen molar-refractivity contribution in [3.63, 3.8) is 0 Å². The van der Waals surface area contributed by atoms with Crippen molar-refractivity contribution < 1.29 is 9.21 Å². The molecule has 1 amide bonds. The third kappa shape index (κ3) is 1.18. The second kappa shape index (κ2) is 2.56. The Balaban J connectivity index is 2.91. The fourth-order valence-corrected chi connectivity index (χ4v) is 0.838. The van der Waals surface area contributed by atoms with Gasteiger partial charge in [-0.1, -0.05) is 0 Å². The van der Waals surface area contributed by atoms with Gasteiger partial charge >= 0.3 is 0 Å². The molecule has 1 aromatic rings. The Kier molecular flexibility index (Phi) is 1.76. The van der Waals surface area contributed by atoms with Crippen LogP contribution in [-0.2, 0) is 4.79 Å². The van der Waals surface area contributed by atoms with E-state index < -0.39 is 0 Å². The summed E-state index contributed by atoms with van der Waals surface area (Å²) in [5, 5.41) is 2.52. The molecule has 0 aliphatic heterocycles. The first-order valence-electron chi connectivity index (χ1n) is 3.01. The van der Waals surface area contributed by atoms with E-state index in [1.807, 2.05) is 6.92 Å². The van der Waals surface area contributed by atoms with E-state index in [-0.39, 0.29) is 0 Å². The Bertz CT molecular complexity index is 240. The number of amides is 1. The third-order valence-electron chi connectivity index (χ3n) is 1.26. The molecule has 1 aromatic heterocycles. The molecule has 0 bridgehead atoms. The topological polar surface area (TPSA) is 42.2 Å². The summed E-state index contributed by atoms with van der Waals surface area (Å²) in [6.45, 7) is 3.64. The van der Waals surface area contributed by atoms with E-state index in [0.717, 1.165) is 17.2 Å². The number of carbonyl (C=O) groups is 1. The van der Waals surface area contributed by atoms with Crippen LogP contribution in [0.2, 0.25) is 0 Å². The van der Waals surface area contributed by atoms with Crippen molar-refractivity contribution in [2.75, 3.05) is 5.32 Å². The summed E-state index contributed by atoms with van der Waals surface area (Å²) in [6, 6.07) is 1.78. The second-order valence-corrected chi connectivity index (χ2v) is 2.09. The smallest absolute Gasteiger partial charge is 0.211 e. The lowest BCUT2D eigenvalue weighted by atomic mass is 10.4. The molecular formula is C7H9NO2. The lowest BCUT2D eigenvalue weighted by Gasteiger charge is -1.90. The summed E-state index contributed by atoms with van der Waals surface area (Å²) in [7, 11) is 0. The van der Waals surface area contributed by atoms with Crippen LogP contribution in [-0.4, -0.2) is 6.41 Å². The van der Waals surface area contributed by atoms with E-state index in [1.165, 1.54) is 0 Å². The summed E-state index contributed by atoms with van der Waals surface area (Å²) in [4.78, 5) is 9.98. The van der Waals surface area contributed by atoms with Gasteiger partial charge in [0.05, 0.1) is 5.69 Å². The maximum absolute atomic E-state index is 9.98. The van der Waals surface area contributed by atoms with Crippen LogP contribution in [0.25, 0.3) is 0 Å². The molecule has 0 spiro atoms. The zero-order chi connectivity index (χ0) is 7.56. The number of nitrogens with one attached hydrogen (secondary N) is 1. The van der Waals surface area contributed by atoms with Gasteiger partial charge in [0.15, 0.2) is 0 Å². The van der Waals surface area contributed by atoms with Crippen molar-refractivity contribution in [2.24, 2.45) is 0 Å². The lowest BCUT2D eigenvalue weighted by molar-refractivity contribution is -0.105. The maximum atomic E-state index is 9.98. The Hall–Kier alpha value is -1.25. The molecule has 3 heteroatoms. The number of rotatable bonds is 2. The summed E-state index contributed by atoms with van der Waals surface area (Å²) in [6.07, 6.45) is 0.636. The van der Waals surface area contributed by atoms with Crippen molar-refractivity contribution in [3.8, 4) is 0 Å². The molecule has 0 aliphatic rings. The summed E-state index contributed by atoms with van der Waals surface area (Å²) in [5.41, 5.74) is 0.743. The predicted molar refractivity (Wildman–Crippen MR) is 37.9 cm³/mol. The minimum Gasteiger partial charge on any atom is -0.464 e. The highest BCUT2D eigenvalue weighted by Gasteiger charge is 2.01. The number of anilines is 1. The highest BCUT2D eigenvalue weighted by Crippen LogP contribution is 2.17. The first kappa shape index (κ1) is 6.86. The van der Waals surface area contributed by atoms with Gasteiger partial charge in [0.25, 0.3) is 0 Å². The van der Waals surface area contributed by atoms with Gasteiger partial charge in [-0.25, -0.2) is 0 Å². The van der Waals surface area contributed by atoms with Crippen molar-refractivity contribution in [1.29, 1.82) is 0 Å². The second-order valence-electron chi connectivity index (χ2n) is 2.09. The zero-order valence-corrected chi connectivity index (χ0v) is 5.97. The van der Waals surface area contributed by atoms with Crippen LogP contribution in [0.15, 0.2) is 10.5 Å². The van der Waals surface area contributed by atoms with E-state index in [9.17, 15) is 4.79 Å². The molecule has 1 heterocycles. The molecule has 0 aliphatic carbocycles. The molecule has 54 valence electrons. The van der Waals surface area contributed by atoms with E-state index in [2.05, 4.69) is 5.32 Å². The Morgan fingerprint density at radius 2 is 2.30 bits per heavy atom. The highest BCUT2D eigenvalue weighted by atomic mass is 16.3. The predicted octanol–water partition coefficient (Wildman–Crippen LogP) is 1.46. The fraction of sp³-hybridized carbons (Fsp3) is 0.286. The van der Waals surface area contributed by atoms with Gasteiger partial charge < -0.3 is 9.73 Å². The summed E-state index contributed by atoms with van der Waals surface area (Å²) in [5.74, 6) is 1.55. The molecule has 0 atom stereocenters. The van der Waals surface area contributed by atoms with Crippen molar-refractivity contribution >= 4 is 12.1 Å². The molecule has 0 unspecified atom stereocenters. The molecule has 0 fully saturated rings. The minimum absolute atomic E-state index is 0.636. The van der Waals surface area contributed by atoms with Crippen molar-refractivity contribution in [1.82, 2.24) is 0 Å². The van der Waals surface area contributed by atoms with E-state index in [1.54, 1.807) is 13.0 Å². The first-order chi connectivity index (χ1) is 4.74. The van der Waals surface area contributed by atoms with Gasteiger partial charge in [-0.2, -0.15) is 0 Å². The molecule has 0 radical (unpaired) electrons. The van der Waals surface area contributed by atoms with Crippen molar-refractivity contribution in [2.45, 2.75) is 13.8 Å². The molecule has 1 N–H and O–H groups in total. The van der Waals surface area contributed by atoms with Crippen LogP contribution >= 0.6 is 0 Å². The Morgan fingerprint density at radius 1 is 1.60 bits per heavy atom. The van der Waals surface area contributed by atoms with Crippen molar-refractivity contribution in [3.05, 3.63) is 17.6 Å². The zero-order valence-electron chi connectivity index (χ0n) is 5.97. The average Bonchev–Trinajstić information content (AvgIpc) is 2.13. The van der Waals surface area contributed by atoms with Gasteiger partial charge in [0.1, 0.15) is 11.5 Å². The molecule has 10 heavy (non-hydrogen) atoms. The van der Waals surface area contributed by atoms with E-state index in [0.29, 0.717) is 6.41 Å². The van der Waals surface area contributed by atoms with Gasteiger partial charge in [0, 0.05) is 6.07 Å². The van der Waals surface area contributed by atoms with Gasteiger partial charge in [0.2, 0.25) is 6.41 Å². The lowest BCUT2D eigenvalue weighted by Crippen LogP contribution is -1.92. The van der Waals surface area contributed by atoms with Gasteiger partial charge in [-0.3, -0.25) is 4.79 Å². The molecule has 3 nitrogen and oxygen atoms in total. The van der Waals surface area contributed by atoms with Crippen LogP contribution in [0.5, 0.6) is 0 Å². The average molecular weight is 139 g/mol. The van der Waals surface area contributed by atoms with Gasteiger partial charge in [-0.05, 0) is 13.8 Å². The SMILES string of the molecule is Cc1cc(NC=O)c(C)o1. The van der Waals surface area contributed by atoms with E-state index in [4.69, 9.17) is 4.42 Å². The fourth-order valence-electron chi connectivity index (χ4n) is 0.838. The normalized spacial score (nSPS) is 9.40. The van der Waals surface area contributed by atoms with Crippen LogP contribution < -0.4 is 5.32 Å². The number of hydrogen-bond acceptors (Lipinski definition) is 2. The molecule has 1 rings (SSSR count). The molecule has 0 saturated carbocycles. The number of aryl methyl sites for hydroxylation is 2. The van der Waals surface area contributed by atoms with Crippen LogP contribution in [0.4, 0.5) is 5.69 Å². The molecular weight excluding hydrogens is 130 g/mol. The largest absolute Gasteiger partial charge is 0.464 e. The van der Waals surface area contributed by atoms with E-state index >= 15 is 0 Å². The quantitative estimate of drug-likeness (QED) is 0.630. The summed E-state index contributed by atoms with van der Waals surface area (Å²) < 4.78 is 5.15. The van der Waals surface area contributed by atoms with Crippen LogP contribution in [0.3, 0.4) is 0 Å². The Morgan fingerprint density at radius 3 is 2.70 bits per heavy atom. The highest BCUT2D eigenvalue weighted by molar-refractivity contribution is 5.72. The monoisotopic (exact) mass is 139 g/mol. The first-order valence-corrected chi connectivity index (χ1v) is 3.01. The number of hydrogen-bond donors (Lipinski definition) is 1. The van der Waals surface area contributed by atoms with Crippen LogP contribution in [0.1, 0.15) is 11.5 Å². The minimum atomic E-state index is 0.636. The Labute approximate surface area is 59.0 Å². The number of furan rings is 1. The third-order valence-corrected chi connectivity index (χ3v) is 1.26. The standard InChI is InChI=1S/C7H9NO2/c1-5-3-7(8-4-9)6(2)10-5/h3-4H,1-2H3,(H,8,9).